The first-order valence-electron chi connectivity index (χ1n) is 6.81. The van der Waals surface area contributed by atoms with E-state index in [1.165, 1.54) is 6.08 Å². The van der Waals surface area contributed by atoms with Crippen molar-refractivity contribution in [2.24, 2.45) is 5.10 Å². The van der Waals surface area contributed by atoms with E-state index in [-0.39, 0.29) is 5.91 Å². The molecule has 0 saturated carbocycles. The molecule has 6 nitrogen and oxygen atoms in total. The van der Waals surface area contributed by atoms with Gasteiger partial charge in [-0.05, 0) is 26.0 Å². The third-order valence-electron chi connectivity index (χ3n) is 3.15. The van der Waals surface area contributed by atoms with Crippen LogP contribution in [-0.2, 0) is 4.79 Å². The van der Waals surface area contributed by atoms with Gasteiger partial charge in [-0.25, -0.2) is 5.01 Å². The Bertz CT molecular complexity index is 724. The second-order valence-corrected chi connectivity index (χ2v) is 4.62. The van der Waals surface area contributed by atoms with Crippen molar-refractivity contribution in [2.45, 2.75) is 13.8 Å². The average molecular weight is 295 g/mol. The molecule has 22 heavy (non-hydrogen) atoms. The Morgan fingerprint density at radius 1 is 1.50 bits per heavy atom. The molecular weight excluding hydrogens is 278 g/mol. The summed E-state index contributed by atoms with van der Waals surface area (Å²) in [6, 6.07) is 9.68. The highest BCUT2D eigenvalue weighted by molar-refractivity contribution is 5.98. The van der Waals surface area contributed by atoms with Crippen LogP contribution in [0.3, 0.4) is 0 Å². The number of carbonyl (C=O) groups excluding carboxylic acids is 1. The van der Waals surface area contributed by atoms with E-state index < -0.39 is 0 Å². The fraction of sp³-hybridized carbons (Fsp3) is 0.188. The van der Waals surface area contributed by atoms with E-state index in [1.54, 1.807) is 25.1 Å². The number of amides is 1. The highest BCUT2D eigenvalue weighted by Gasteiger charge is 2.25. The monoisotopic (exact) mass is 295 g/mol. The predicted molar refractivity (Wildman–Crippen MR) is 86.4 cm³/mol. The normalized spacial score (nSPS) is 16.9. The second-order valence-electron chi connectivity index (χ2n) is 4.62. The maximum absolute atomic E-state index is 12.0. The maximum Gasteiger partial charge on any atom is 0.251 e. The van der Waals surface area contributed by atoms with Gasteiger partial charge in [0.15, 0.2) is 0 Å². The van der Waals surface area contributed by atoms with Crippen LogP contribution < -0.4 is 10.6 Å². The summed E-state index contributed by atoms with van der Waals surface area (Å²) in [5.41, 5.74) is 2.75. The zero-order valence-corrected chi connectivity index (χ0v) is 12.7. The fourth-order valence-corrected chi connectivity index (χ4v) is 2.09. The molecule has 6 heteroatoms. The van der Waals surface area contributed by atoms with Crippen LogP contribution in [-0.4, -0.2) is 24.2 Å². The van der Waals surface area contributed by atoms with E-state index in [2.05, 4.69) is 15.7 Å². The molecule has 1 aliphatic heterocycles. The first kappa shape index (κ1) is 15.3. The highest BCUT2D eigenvalue weighted by atomic mass is 16.1. The molecule has 0 fully saturated rings. The molecular formula is C16H17N5O. The van der Waals surface area contributed by atoms with Crippen molar-refractivity contribution in [1.29, 1.82) is 5.26 Å². The largest absolute Gasteiger partial charge is 0.388 e. The summed E-state index contributed by atoms with van der Waals surface area (Å²) < 4.78 is 0. The average Bonchev–Trinajstić information content (AvgIpc) is 2.55. The summed E-state index contributed by atoms with van der Waals surface area (Å²) in [6.45, 7) is 3.41. The minimum atomic E-state index is -0.281. The summed E-state index contributed by atoms with van der Waals surface area (Å²) >= 11 is 0. The van der Waals surface area contributed by atoms with Crippen LogP contribution in [0.25, 0.3) is 5.70 Å². The van der Waals surface area contributed by atoms with Gasteiger partial charge in [-0.2, -0.15) is 10.4 Å². The Balaban J connectivity index is 2.60. The Hall–Kier alpha value is -3.07. The van der Waals surface area contributed by atoms with Gasteiger partial charge in [0.1, 0.15) is 5.82 Å². The minimum absolute atomic E-state index is 0.281. The number of hydrogen-bond acceptors (Lipinski definition) is 5. The molecule has 0 unspecified atom stereocenters. The molecule has 0 saturated heterocycles. The fourth-order valence-electron chi connectivity index (χ4n) is 2.09. The van der Waals surface area contributed by atoms with Gasteiger partial charge in [-0.3, -0.25) is 4.79 Å². The lowest BCUT2D eigenvalue weighted by Gasteiger charge is -2.29. The number of nitrogens with one attached hydrogen (secondary N) is 2. The Morgan fingerprint density at radius 2 is 2.27 bits per heavy atom. The molecule has 1 aliphatic rings. The lowest BCUT2D eigenvalue weighted by atomic mass is 10.1. The second kappa shape index (κ2) is 6.59. The van der Waals surface area contributed by atoms with Crippen LogP contribution in [0.2, 0.25) is 0 Å². The smallest absolute Gasteiger partial charge is 0.251 e. The molecule has 0 atom stereocenters. The van der Waals surface area contributed by atoms with Gasteiger partial charge in [0, 0.05) is 30.6 Å². The van der Waals surface area contributed by atoms with E-state index in [0.29, 0.717) is 17.1 Å². The van der Waals surface area contributed by atoms with Gasteiger partial charge >= 0.3 is 0 Å². The van der Waals surface area contributed by atoms with Crippen molar-refractivity contribution in [1.82, 2.24) is 10.3 Å². The Labute approximate surface area is 129 Å². The molecule has 1 heterocycles. The minimum Gasteiger partial charge on any atom is -0.388 e. The molecule has 112 valence electrons. The quantitative estimate of drug-likeness (QED) is 0.662. The zero-order valence-electron chi connectivity index (χ0n) is 12.7. The summed E-state index contributed by atoms with van der Waals surface area (Å²) in [7, 11) is 1.83. The van der Waals surface area contributed by atoms with Gasteiger partial charge in [0.25, 0.3) is 5.91 Å². The number of nitrogens with zero attached hydrogens (tertiary/aromatic N) is 3. The van der Waals surface area contributed by atoms with E-state index in [0.717, 1.165) is 11.3 Å². The van der Waals surface area contributed by atoms with Gasteiger partial charge in [0.2, 0.25) is 0 Å². The van der Waals surface area contributed by atoms with Gasteiger partial charge in [0.05, 0.1) is 17.3 Å². The van der Waals surface area contributed by atoms with E-state index in [1.807, 2.05) is 37.4 Å². The number of hydrazone groups is 1. The van der Waals surface area contributed by atoms with Crippen molar-refractivity contribution >= 4 is 23.5 Å². The summed E-state index contributed by atoms with van der Waals surface area (Å²) in [4.78, 5) is 12.0. The maximum atomic E-state index is 12.0. The molecule has 0 radical (unpaired) electrons. The zero-order chi connectivity index (χ0) is 16.1. The third-order valence-corrected chi connectivity index (χ3v) is 3.15. The standard InChI is InChI=1S/C16H17N5O/c1-4-19-21-14(12-6-5-7-13(8-12)18-3)9-15(22)20-16(21)11(2)10-17/h4-9,18H,1-3H3,(H,20,22)/b16-11+,19-4-. The summed E-state index contributed by atoms with van der Waals surface area (Å²) in [6.07, 6.45) is 3.08. The lowest BCUT2D eigenvalue weighted by molar-refractivity contribution is -0.116. The number of rotatable bonds is 3. The number of hydrogen-bond donors (Lipinski definition) is 2. The number of anilines is 1. The third kappa shape index (κ3) is 2.99. The van der Waals surface area contributed by atoms with Crippen molar-refractivity contribution < 1.29 is 4.79 Å². The number of benzene rings is 1. The van der Waals surface area contributed by atoms with E-state index >= 15 is 0 Å². The van der Waals surface area contributed by atoms with Crippen LogP contribution in [0.4, 0.5) is 5.69 Å². The molecule has 0 bridgehead atoms. The molecule has 1 aromatic rings. The van der Waals surface area contributed by atoms with Crippen LogP contribution in [0, 0.1) is 11.3 Å². The number of nitriles is 1. The Morgan fingerprint density at radius 3 is 2.91 bits per heavy atom. The lowest BCUT2D eigenvalue weighted by Crippen LogP contribution is -2.36. The van der Waals surface area contributed by atoms with Crippen molar-refractivity contribution in [3.63, 3.8) is 0 Å². The van der Waals surface area contributed by atoms with Crippen LogP contribution >= 0.6 is 0 Å². The molecule has 2 N–H and O–H groups in total. The van der Waals surface area contributed by atoms with Gasteiger partial charge < -0.3 is 10.6 Å². The van der Waals surface area contributed by atoms with E-state index in [4.69, 9.17) is 5.26 Å². The molecule has 0 aromatic heterocycles. The first-order chi connectivity index (χ1) is 10.6. The first-order valence-corrected chi connectivity index (χ1v) is 6.81. The van der Waals surface area contributed by atoms with Crippen molar-refractivity contribution in [3.05, 3.63) is 47.3 Å². The molecule has 0 aliphatic carbocycles. The van der Waals surface area contributed by atoms with Crippen LogP contribution in [0.5, 0.6) is 0 Å². The van der Waals surface area contributed by atoms with Crippen molar-refractivity contribution in [2.75, 3.05) is 12.4 Å². The Kier molecular flexibility index (Phi) is 4.59. The number of allylic oxidation sites excluding steroid dienone is 1. The molecule has 0 spiro atoms. The molecule has 1 aromatic carbocycles. The summed E-state index contributed by atoms with van der Waals surface area (Å²) in [5.74, 6) is 0.0926. The topological polar surface area (TPSA) is 80.5 Å². The highest BCUT2D eigenvalue weighted by Crippen LogP contribution is 2.28. The number of carbonyl (C=O) groups is 1. The summed E-state index contributed by atoms with van der Waals surface area (Å²) in [5, 5.41) is 20.7. The molecule has 1 amide bonds. The van der Waals surface area contributed by atoms with Crippen LogP contribution in [0.15, 0.2) is 46.8 Å². The van der Waals surface area contributed by atoms with Crippen molar-refractivity contribution in [3.8, 4) is 6.07 Å². The van der Waals surface area contributed by atoms with Gasteiger partial charge in [-0.1, -0.05) is 12.1 Å². The van der Waals surface area contributed by atoms with Gasteiger partial charge in [-0.15, -0.1) is 0 Å². The predicted octanol–water partition coefficient (Wildman–Crippen LogP) is 2.26. The SMILES string of the molecule is C/C=N\N1C(c2cccc(NC)c2)=CC(=O)N/C1=C(/C)C#N. The van der Waals surface area contributed by atoms with E-state index in [9.17, 15) is 4.79 Å². The van der Waals surface area contributed by atoms with Crippen LogP contribution in [0.1, 0.15) is 19.4 Å². The molecule has 2 rings (SSSR count).